The molecule has 5 nitrogen and oxygen atoms in total. The number of amides is 1. The lowest BCUT2D eigenvalue weighted by Gasteiger charge is -2.36. The largest absolute Gasteiger partial charge is 0.381 e. The maximum Gasteiger partial charge on any atom is 0.230 e. The van der Waals surface area contributed by atoms with Crippen molar-refractivity contribution >= 4 is 17.7 Å². The number of nitrogens with one attached hydrogen (secondary N) is 1. The fourth-order valence-electron chi connectivity index (χ4n) is 4.04. The number of halogens is 2. The first-order valence-corrected chi connectivity index (χ1v) is 10.8. The first-order valence-electron chi connectivity index (χ1n) is 10.0. The number of aryl methyl sites for hydroxylation is 1. The predicted octanol–water partition coefficient (Wildman–Crippen LogP) is 4.31. The molecular weight excluding hydrogens is 420 g/mol. The summed E-state index contributed by atoms with van der Waals surface area (Å²) < 4.78 is 37.3. The maximum absolute atomic E-state index is 15.6. The highest BCUT2D eigenvalue weighted by atomic mass is 32.2. The Morgan fingerprint density at radius 1 is 1.16 bits per heavy atom. The zero-order valence-electron chi connectivity index (χ0n) is 17.3. The van der Waals surface area contributed by atoms with Crippen molar-refractivity contribution in [2.45, 2.75) is 28.0 Å². The third-order valence-electron chi connectivity index (χ3n) is 5.73. The monoisotopic (exact) mass is 443 g/mol. The Morgan fingerprint density at radius 2 is 1.87 bits per heavy atom. The number of carbonyl (C=O) groups excluding carboxylic acids is 1. The van der Waals surface area contributed by atoms with Gasteiger partial charge in [0, 0.05) is 44.0 Å². The van der Waals surface area contributed by atoms with Gasteiger partial charge in [0.05, 0.1) is 16.0 Å². The van der Waals surface area contributed by atoms with E-state index in [9.17, 15) is 9.18 Å². The van der Waals surface area contributed by atoms with Crippen LogP contribution in [-0.2, 0) is 22.0 Å². The number of hydrogen-bond donors (Lipinski definition) is 1. The molecule has 1 amide bonds. The molecule has 0 aliphatic carbocycles. The summed E-state index contributed by atoms with van der Waals surface area (Å²) in [4.78, 5) is 13.6. The van der Waals surface area contributed by atoms with Crippen LogP contribution in [0.2, 0.25) is 0 Å². The van der Waals surface area contributed by atoms with Gasteiger partial charge < -0.3 is 10.1 Å². The molecule has 0 saturated carbocycles. The van der Waals surface area contributed by atoms with Gasteiger partial charge in [-0.3, -0.25) is 9.48 Å². The van der Waals surface area contributed by atoms with Crippen LogP contribution in [0.15, 0.2) is 58.5 Å². The SMILES string of the molecule is CNC(=O)C1(c2cc(F)cc(Sc3ccc(-c4ccnn4C)cc3)c2F)CCOCC1. The fourth-order valence-corrected chi connectivity index (χ4v) is 4.94. The van der Waals surface area contributed by atoms with Crippen LogP contribution < -0.4 is 5.32 Å². The fraction of sp³-hybridized carbons (Fsp3) is 0.304. The van der Waals surface area contributed by atoms with E-state index in [2.05, 4.69) is 10.4 Å². The molecule has 2 heterocycles. The van der Waals surface area contributed by atoms with Crippen molar-refractivity contribution in [1.82, 2.24) is 15.1 Å². The van der Waals surface area contributed by atoms with Gasteiger partial charge in [-0.05, 0) is 48.7 Å². The summed E-state index contributed by atoms with van der Waals surface area (Å²) in [7, 11) is 3.37. The van der Waals surface area contributed by atoms with E-state index in [4.69, 9.17) is 4.74 Å². The Labute approximate surface area is 183 Å². The number of likely N-dealkylation sites (N-methyl/N-ethyl adjacent to an activating group) is 1. The topological polar surface area (TPSA) is 56.2 Å². The van der Waals surface area contributed by atoms with Crippen LogP contribution in [0.3, 0.4) is 0 Å². The molecule has 31 heavy (non-hydrogen) atoms. The van der Waals surface area contributed by atoms with E-state index < -0.39 is 17.0 Å². The lowest BCUT2D eigenvalue weighted by Crippen LogP contribution is -2.47. The van der Waals surface area contributed by atoms with Crippen LogP contribution in [0.25, 0.3) is 11.3 Å². The highest BCUT2D eigenvalue weighted by Gasteiger charge is 2.44. The minimum absolute atomic E-state index is 0.0872. The van der Waals surface area contributed by atoms with Crippen LogP contribution >= 0.6 is 11.8 Å². The van der Waals surface area contributed by atoms with Crippen molar-refractivity contribution in [3.05, 3.63) is 65.9 Å². The summed E-state index contributed by atoms with van der Waals surface area (Å²) in [5.74, 6) is -1.45. The second kappa shape index (κ2) is 8.80. The average Bonchev–Trinajstić information content (AvgIpc) is 3.22. The van der Waals surface area contributed by atoms with Crippen molar-refractivity contribution in [3.63, 3.8) is 0 Å². The van der Waals surface area contributed by atoms with Gasteiger partial charge in [0.25, 0.3) is 0 Å². The van der Waals surface area contributed by atoms with Crippen molar-refractivity contribution in [2.24, 2.45) is 7.05 Å². The first kappa shape index (κ1) is 21.5. The highest BCUT2D eigenvalue weighted by Crippen LogP contribution is 2.41. The van der Waals surface area contributed by atoms with Crippen molar-refractivity contribution in [3.8, 4) is 11.3 Å². The lowest BCUT2D eigenvalue weighted by atomic mass is 9.73. The minimum atomic E-state index is -1.14. The summed E-state index contributed by atoms with van der Waals surface area (Å²) >= 11 is 1.13. The van der Waals surface area contributed by atoms with Crippen LogP contribution in [0.4, 0.5) is 8.78 Å². The summed E-state index contributed by atoms with van der Waals surface area (Å²) in [5, 5.41) is 6.78. The predicted molar refractivity (Wildman–Crippen MR) is 115 cm³/mol. The van der Waals surface area contributed by atoms with Crippen LogP contribution in [0.5, 0.6) is 0 Å². The second-order valence-corrected chi connectivity index (χ2v) is 8.62. The van der Waals surface area contributed by atoms with E-state index in [0.29, 0.717) is 26.1 Å². The Morgan fingerprint density at radius 3 is 2.48 bits per heavy atom. The molecule has 0 radical (unpaired) electrons. The quantitative estimate of drug-likeness (QED) is 0.639. The van der Waals surface area contributed by atoms with E-state index in [1.807, 2.05) is 37.4 Å². The van der Waals surface area contributed by atoms with Gasteiger partial charge in [0.2, 0.25) is 5.91 Å². The smallest absolute Gasteiger partial charge is 0.230 e. The maximum atomic E-state index is 15.6. The third kappa shape index (κ3) is 4.09. The number of aromatic nitrogens is 2. The molecule has 1 N–H and O–H groups in total. The van der Waals surface area contributed by atoms with Gasteiger partial charge in [-0.25, -0.2) is 8.78 Å². The number of nitrogens with zero attached hydrogens (tertiary/aromatic N) is 2. The molecule has 8 heteroatoms. The molecule has 0 bridgehead atoms. The second-order valence-electron chi connectivity index (χ2n) is 7.51. The third-order valence-corrected chi connectivity index (χ3v) is 6.75. The molecule has 3 aromatic rings. The number of ether oxygens (including phenoxy) is 1. The average molecular weight is 444 g/mol. The van der Waals surface area contributed by atoms with Gasteiger partial charge in [-0.1, -0.05) is 23.9 Å². The van der Waals surface area contributed by atoms with E-state index in [1.54, 1.807) is 10.9 Å². The summed E-state index contributed by atoms with van der Waals surface area (Å²) in [5.41, 5.74) is 0.884. The Balaban J connectivity index is 1.68. The Hall–Kier alpha value is -2.71. The lowest BCUT2D eigenvalue weighted by molar-refractivity contribution is -0.130. The number of hydrogen-bond acceptors (Lipinski definition) is 4. The van der Waals surface area contributed by atoms with Crippen molar-refractivity contribution in [2.75, 3.05) is 20.3 Å². The molecule has 1 saturated heterocycles. The highest BCUT2D eigenvalue weighted by molar-refractivity contribution is 7.99. The summed E-state index contributed by atoms with van der Waals surface area (Å²) in [6.07, 6.45) is 2.33. The first-order chi connectivity index (χ1) is 14.9. The molecule has 2 aromatic carbocycles. The molecule has 0 unspecified atom stereocenters. The zero-order chi connectivity index (χ0) is 22.0. The molecule has 1 aliphatic heterocycles. The van der Waals surface area contributed by atoms with Crippen LogP contribution in [0, 0.1) is 11.6 Å². The van der Waals surface area contributed by atoms with E-state index in [0.717, 1.165) is 34.0 Å². The van der Waals surface area contributed by atoms with Crippen molar-refractivity contribution in [1.29, 1.82) is 0 Å². The minimum Gasteiger partial charge on any atom is -0.381 e. The molecule has 1 aromatic heterocycles. The van der Waals surface area contributed by atoms with E-state index in [-0.39, 0.29) is 16.4 Å². The summed E-state index contributed by atoms with van der Waals surface area (Å²) in [6, 6.07) is 11.8. The Kier molecular flexibility index (Phi) is 6.11. The van der Waals surface area contributed by atoms with Crippen LogP contribution in [0.1, 0.15) is 18.4 Å². The van der Waals surface area contributed by atoms with Gasteiger partial charge in [-0.15, -0.1) is 0 Å². The van der Waals surface area contributed by atoms with Gasteiger partial charge >= 0.3 is 0 Å². The molecular formula is C23H23F2N3O2S. The molecule has 1 aliphatic rings. The van der Waals surface area contributed by atoms with Gasteiger partial charge in [0.1, 0.15) is 11.6 Å². The Bertz CT molecular complexity index is 1090. The molecule has 0 spiro atoms. The van der Waals surface area contributed by atoms with Crippen LogP contribution in [-0.4, -0.2) is 35.9 Å². The molecule has 162 valence electrons. The van der Waals surface area contributed by atoms with Gasteiger partial charge in [0.15, 0.2) is 0 Å². The number of rotatable bonds is 5. The van der Waals surface area contributed by atoms with E-state index >= 15 is 4.39 Å². The molecule has 0 atom stereocenters. The van der Waals surface area contributed by atoms with E-state index in [1.165, 1.54) is 13.1 Å². The van der Waals surface area contributed by atoms with Gasteiger partial charge in [-0.2, -0.15) is 5.10 Å². The number of carbonyl (C=O) groups is 1. The molecule has 1 fully saturated rings. The summed E-state index contributed by atoms with van der Waals surface area (Å²) in [6.45, 7) is 0.642. The molecule has 4 rings (SSSR count). The standard InChI is InChI=1S/C23H23F2N3O2S/c1-26-22(29)23(8-11-30-12-9-23)18-13-16(24)14-20(21(18)25)31-17-5-3-15(4-6-17)19-7-10-27-28(19)2/h3-7,10,13-14H,8-9,11-12H2,1-2H3,(H,26,29). The van der Waals surface area contributed by atoms with Crippen molar-refractivity contribution < 1.29 is 18.3 Å². The number of benzene rings is 2. The normalized spacial score (nSPS) is 15.6. The zero-order valence-corrected chi connectivity index (χ0v) is 18.1.